The minimum atomic E-state index is -0.911. The Labute approximate surface area is 106 Å². The molecule has 18 heavy (non-hydrogen) atoms. The fourth-order valence-electron chi connectivity index (χ4n) is 2.22. The van der Waals surface area contributed by atoms with Crippen molar-refractivity contribution in [2.24, 2.45) is 0 Å². The van der Waals surface area contributed by atoms with Crippen molar-refractivity contribution in [3.05, 3.63) is 30.1 Å². The normalized spacial score (nSPS) is 18.3. The lowest BCUT2D eigenvalue weighted by Crippen LogP contribution is -2.62. The summed E-state index contributed by atoms with van der Waals surface area (Å²) in [4.78, 5) is 16.7. The maximum Gasteiger partial charge on any atom is 0.329 e. The van der Waals surface area contributed by atoms with E-state index in [0.29, 0.717) is 0 Å². The Morgan fingerprint density at radius 2 is 2.17 bits per heavy atom. The third-order valence-electron chi connectivity index (χ3n) is 3.13. The van der Waals surface area contributed by atoms with Gasteiger partial charge in [0.05, 0.1) is 5.60 Å². The number of hydrogen-bond acceptors (Lipinski definition) is 4. The molecule has 0 bridgehead atoms. The highest BCUT2D eigenvalue weighted by Gasteiger charge is 2.39. The monoisotopic (exact) mass is 250 g/mol. The summed E-state index contributed by atoms with van der Waals surface area (Å²) < 4.78 is 5.36. The smallest absolute Gasteiger partial charge is 0.329 e. The van der Waals surface area contributed by atoms with Gasteiger partial charge in [0.25, 0.3) is 0 Å². The zero-order valence-corrected chi connectivity index (χ0v) is 10.5. The number of carbonyl (C=O) groups is 1. The molecule has 1 N–H and O–H groups in total. The van der Waals surface area contributed by atoms with Gasteiger partial charge in [-0.05, 0) is 31.0 Å². The van der Waals surface area contributed by atoms with E-state index in [9.17, 15) is 4.79 Å². The van der Waals surface area contributed by atoms with Crippen molar-refractivity contribution in [3.63, 3.8) is 0 Å². The van der Waals surface area contributed by atoms with Gasteiger partial charge in [0, 0.05) is 32.0 Å². The number of aliphatic carboxylic acids is 1. The summed E-state index contributed by atoms with van der Waals surface area (Å²) in [6.45, 7) is 4.31. The second-order valence-corrected chi connectivity index (χ2v) is 4.95. The molecule has 0 aliphatic carbocycles. The van der Waals surface area contributed by atoms with Crippen LogP contribution >= 0.6 is 0 Å². The maximum absolute atomic E-state index is 10.4. The van der Waals surface area contributed by atoms with E-state index in [-0.39, 0.29) is 12.2 Å². The average molecular weight is 250 g/mol. The van der Waals surface area contributed by atoms with Crippen molar-refractivity contribution >= 4 is 5.97 Å². The SMILES string of the molecule is CC1(OCC(=O)O)CN(CCc2ccncc2)C1. The summed E-state index contributed by atoms with van der Waals surface area (Å²) in [5.74, 6) is -0.911. The Morgan fingerprint density at radius 1 is 1.50 bits per heavy atom. The maximum atomic E-state index is 10.4. The lowest BCUT2D eigenvalue weighted by Gasteiger charge is -2.47. The molecular formula is C13H18N2O3. The average Bonchev–Trinajstić information content (AvgIpc) is 2.32. The highest BCUT2D eigenvalue weighted by molar-refractivity contribution is 5.68. The highest BCUT2D eigenvalue weighted by Crippen LogP contribution is 2.24. The molecule has 98 valence electrons. The predicted molar refractivity (Wildman–Crippen MR) is 66.4 cm³/mol. The van der Waals surface area contributed by atoms with Gasteiger partial charge in [0.1, 0.15) is 6.61 Å². The zero-order chi connectivity index (χ0) is 13.0. The Morgan fingerprint density at radius 3 is 2.78 bits per heavy atom. The molecule has 0 saturated carbocycles. The van der Waals surface area contributed by atoms with E-state index in [0.717, 1.165) is 26.1 Å². The number of likely N-dealkylation sites (tertiary alicyclic amines) is 1. The van der Waals surface area contributed by atoms with E-state index < -0.39 is 5.97 Å². The minimum Gasteiger partial charge on any atom is -0.480 e. The van der Waals surface area contributed by atoms with Crippen LogP contribution in [0.25, 0.3) is 0 Å². The molecule has 0 unspecified atom stereocenters. The van der Waals surface area contributed by atoms with Gasteiger partial charge >= 0.3 is 5.97 Å². The van der Waals surface area contributed by atoms with Gasteiger partial charge in [-0.1, -0.05) is 0 Å². The number of hydrogen-bond donors (Lipinski definition) is 1. The van der Waals surface area contributed by atoms with E-state index in [4.69, 9.17) is 9.84 Å². The standard InChI is InChI=1S/C13H18N2O3/c1-13(18-8-12(16)17)9-15(10-13)7-4-11-2-5-14-6-3-11/h2-3,5-6H,4,7-10H2,1H3,(H,16,17). The molecule has 1 saturated heterocycles. The van der Waals surface area contributed by atoms with Gasteiger partial charge in [0.2, 0.25) is 0 Å². The van der Waals surface area contributed by atoms with Crippen LogP contribution in [0.1, 0.15) is 12.5 Å². The molecule has 0 atom stereocenters. The van der Waals surface area contributed by atoms with E-state index in [1.807, 2.05) is 19.1 Å². The lowest BCUT2D eigenvalue weighted by molar-refractivity contribution is -0.164. The first-order valence-electron chi connectivity index (χ1n) is 6.04. The molecule has 0 amide bonds. The number of rotatable bonds is 6. The van der Waals surface area contributed by atoms with Gasteiger partial charge in [0.15, 0.2) is 0 Å². The minimum absolute atomic E-state index is 0.214. The van der Waals surface area contributed by atoms with E-state index in [1.165, 1.54) is 5.56 Å². The Bertz CT molecular complexity index is 402. The largest absolute Gasteiger partial charge is 0.480 e. The molecule has 1 aromatic heterocycles. The lowest BCUT2D eigenvalue weighted by atomic mass is 9.96. The number of pyridine rings is 1. The first kappa shape index (κ1) is 13.0. The summed E-state index contributed by atoms with van der Waals surface area (Å²) in [6.07, 6.45) is 4.58. The van der Waals surface area contributed by atoms with E-state index >= 15 is 0 Å². The molecule has 0 radical (unpaired) electrons. The highest BCUT2D eigenvalue weighted by atomic mass is 16.5. The van der Waals surface area contributed by atoms with Crippen LogP contribution < -0.4 is 0 Å². The first-order valence-corrected chi connectivity index (χ1v) is 6.04. The summed E-state index contributed by atoms with van der Waals surface area (Å²) >= 11 is 0. The second kappa shape index (κ2) is 5.46. The van der Waals surface area contributed by atoms with Crippen LogP contribution in [0.3, 0.4) is 0 Å². The summed E-state index contributed by atoms with van der Waals surface area (Å²) in [7, 11) is 0. The molecule has 5 heteroatoms. The molecule has 0 spiro atoms. The third kappa shape index (κ3) is 3.51. The topological polar surface area (TPSA) is 62.7 Å². The van der Waals surface area contributed by atoms with Crippen LogP contribution in [-0.2, 0) is 16.0 Å². The summed E-state index contributed by atoms with van der Waals surface area (Å²) in [6, 6.07) is 4.03. The molecular weight excluding hydrogens is 232 g/mol. The van der Waals surface area contributed by atoms with Crippen LogP contribution in [0.2, 0.25) is 0 Å². The molecule has 0 aromatic carbocycles. The van der Waals surface area contributed by atoms with Crippen molar-refractivity contribution in [2.75, 3.05) is 26.2 Å². The van der Waals surface area contributed by atoms with Crippen molar-refractivity contribution in [1.29, 1.82) is 0 Å². The van der Waals surface area contributed by atoms with Gasteiger partial charge in [-0.3, -0.25) is 9.88 Å². The Balaban J connectivity index is 1.68. The van der Waals surface area contributed by atoms with E-state index in [1.54, 1.807) is 12.4 Å². The van der Waals surface area contributed by atoms with Gasteiger partial charge < -0.3 is 9.84 Å². The predicted octanol–water partition coefficient (Wildman–Crippen LogP) is 0.800. The molecule has 1 aromatic rings. The number of carboxylic acids is 1. The molecule has 5 nitrogen and oxygen atoms in total. The molecule has 1 aliphatic heterocycles. The first-order chi connectivity index (χ1) is 8.57. The quantitative estimate of drug-likeness (QED) is 0.809. The molecule has 1 fully saturated rings. The Kier molecular flexibility index (Phi) is 3.93. The number of carboxylic acid groups (broad SMARTS) is 1. The fraction of sp³-hybridized carbons (Fsp3) is 0.538. The van der Waals surface area contributed by atoms with Gasteiger partial charge in [-0.25, -0.2) is 4.79 Å². The number of ether oxygens (including phenoxy) is 1. The number of aromatic nitrogens is 1. The Hall–Kier alpha value is -1.46. The summed E-state index contributed by atoms with van der Waals surface area (Å²) in [5, 5.41) is 8.57. The summed E-state index contributed by atoms with van der Waals surface area (Å²) in [5.41, 5.74) is 0.974. The second-order valence-electron chi connectivity index (χ2n) is 4.95. The van der Waals surface area contributed by atoms with Crippen molar-refractivity contribution in [3.8, 4) is 0 Å². The van der Waals surface area contributed by atoms with Crippen LogP contribution in [0, 0.1) is 0 Å². The van der Waals surface area contributed by atoms with Crippen LogP contribution in [-0.4, -0.2) is 52.8 Å². The van der Waals surface area contributed by atoms with Crippen LogP contribution in [0.4, 0.5) is 0 Å². The van der Waals surface area contributed by atoms with Crippen molar-refractivity contribution < 1.29 is 14.6 Å². The van der Waals surface area contributed by atoms with Crippen molar-refractivity contribution in [2.45, 2.75) is 18.9 Å². The van der Waals surface area contributed by atoms with E-state index in [2.05, 4.69) is 9.88 Å². The fourth-order valence-corrected chi connectivity index (χ4v) is 2.22. The molecule has 2 heterocycles. The van der Waals surface area contributed by atoms with Gasteiger partial charge in [-0.2, -0.15) is 0 Å². The van der Waals surface area contributed by atoms with Crippen LogP contribution in [0.15, 0.2) is 24.5 Å². The van der Waals surface area contributed by atoms with Gasteiger partial charge in [-0.15, -0.1) is 0 Å². The van der Waals surface area contributed by atoms with Crippen molar-refractivity contribution in [1.82, 2.24) is 9.88 Å². The molecule has 1 aliphatic rings. The zero-order valence-electron chi connectivity index (χ0n) is 10.5. The van der Waals surface area contributed by atoms with Crippen LogP contribution in [0.5, 0.6) is 0 Å². The molecule has 2 rings (SSSR count). The number of nitrogens with zero attached hydrogens (tertiary/aromatic N) is 2. The third-order valence-corrected chi connectivity index (χ3v) is 3.13.